The van der Waals surface area contributed by atoms with Crippen molar-refractivity contribution in [1.29, 1.82) is 0 Å². The fourth-order valence-corrected chi connectivity index (χ4v) is 9.34. The molecule has 4 saturated heterocycles. The molecule has 2 amide bonds. The summed E-state index contributed by atoms with van der Waals surface area (Å²) in [6, 6.07) is 5.14. The van der Waals surface area contributed by atoms with E-state index in [9.17, 15) is 29.4 Å². The van der Waals surface area contributed by atoms with Crippen LogP contribution in [0.4, 0.5) is 0 Å². The predicted molar refractivity (Wildman–Crippen MR) is 148 cm³/mol. The largest absolute Gasteiger partial charge is 0.477 e. The first kappa shape index (κ1) is 27.3. The number of carbonyl (C=O) groups is 4. The minimum Gasteiger partial charge on any atom is -0.477 e. The van der Waals surface area contributed by atoms with E-state index in [1.54, 1.807) is 6.92 Å². The maximum absolute atomic E-state index is 13.4. The number of Topliss-reactive ketones (excluding diaryl/α,β-unsaturated/α-hetero) is 1. The van der Waals surface area contributed by atoms with Crippen LogP contribution in [0.3, 0.4) is 0 Å². The normalized spacial score (nSPS) is 31.8. The number of thiazole rings is 1. The molecule has 4 N–H and O–H groups in total. The third-order valence-electron chi connectivity index (χ3n) is 9.31. The number of aliphatic hydroxyl groups is 1. The van der Waals surface area contributed by atoms with Crippen molar-refractivity contribution in [2.45, 2.75) is 30.3 Å². The number of amides is 2. The van der Waals surface area contributed by atoms with Crippen LogP contribution in [0.2, 0.25) is 0 Å². The average molecular weight is 588 g/mol. The molecule has 2 bridgehead atoms. The highest BCUT2D eigenvalue weighted by atomic mass is 32.2. The van der Waals surface area contributed by atoms with Crippen LogP contribution in [0, 0.1) is 11.8 Å². The molecular formula is C27H33N5O6S2+2. The minimum atomic E-state index is -1.17. The molecule has 0 unspecified atom stereocenters. The maximum atomic E-state index is 13.4. The van der Waals surface area contributed by atoms with Gasteiger partial charge in [-0.25, -0.2) is 9.78 Å². The number of fused-ring (bicyclic) bond motifs is 5. The smallest absolute Gasteiger partial charge is 0.353 e. The third-order valence-corrected chi connectivity index (χ3v) is 11.7. The number of aliphatic carboxylic acids is 1. The summed E-state index contributed by atoms with van der Waals surface area (Å²) >= 11 is 2.67. The van der Waals surface area contributed by atoms with Crippen molar-refractivity contribution in [2.24, 2.45) is 17.6 Å². The first-order valence-corrected chi connectivity index (χ1v) is 15.1. The van der Waals surface area contributed by atoms with E-state index in [0.29, 0.717) is 33.4 Å². The van der Waals surface area contributed by atoms with E-state index in [4.69, 9.17) is 10.7 Å². The molecule has 0 spiro atoms. The lowest BCUT2D eigenvalue weighted by Crippen LogP contribution is -2.76. The number of nitrogens with zero attached hydrogens (tertiary/aromatic N) is 4. The number of carbonyl (C=O) groups excluding carboxylic acids is 3. The molecule has 4 fully saturated rings. The average Bonchev–Trinajstić information content (AvgIpc) is 3.40. The molecule has 40 heavy (non-hydrogen) atoms. The Morgan fingerprint density at radius 2 is 1.77 bits per heavy atom. The molecule has 5 aliphatic heterocycles. The lowest BCUT2D eigenvalue weighted by atomic mass is 9.79. The zero-order valence-electron chi connectivity index (χ0n) is 22.4. The molecule has 2 aromatic rings. The van der Waals surface area contributed by atoms with Crippen LogP contribution in [0.1, 0.15) is 24.2 Å². The molecule has 0 aliphatic carbocycles. The summed E-state index contributed by atoms with van der Waals surface area (Å²) in [4.78, 5) is 56.2. The standard InChI is InChI=1S/C27H31N5O6S2/c1-14-22-21(15(2)33)25(36)30(22)23(26(37)38)24(14)40-27-29-17-11-16(3-4-19(17)39-27)18(34)12-31-5-8-32(9-6-31,10-7-31)13-20(28)35/h3-4,11,14-15,21-22,33H,5-10,12-13H2,1-2H3,(H-2,28,35,37,38)/p+2/t14-,15-,21-,22-,31?,32?/m1/s1. The number of carboxylic acid groups (broad SMARTS) is 1. The number of aromatic nitrogens is 1. The lowest BCUT2D eigenvalue weighted by Gasteiger charge is -2.54. The second-order valence-electron chi connectivity index (χ2n) is 11.8. The van der Waals surface area contributed by atoms with Crippen molar-refractivity contribution in [3.63, 3.8) is 0 Å². The van der Waals surface area contributed by atoms with Crippen LogP contribution < -0.4 is 5.73 Å². The van der Waals surface area contributed by atoms with Crippen molar-refractivity contribution >= 4 is 56.9 Å². The van der Waals surface area contributed by atoms with Crippen molar-refractivity contribution in [3.05, 3.63) is 34.4 Å². The molecule has 0 radical (unpaired) electrons. The summed E-state index contributed by atoms with van der Waals surface area (Å²) in [6.45, 7) is 9.36. The molecule has 212 valence electrons. The fraction of sp³-hybridized carbons (Fsp3) is 0.519. The monoisotopic (exact) mass is 587 g/mol. The highest BCUT2D eigenvalue weighted by Gasteiger charge is 2.60. The molecule has 1 aromatic heterocycles. The highest BCUT2D eigenvalue weighted by molar-refractivity contribution is 8.04. The summed E-state index contributed by atoms with van der Waals surface area (Å²) in [5.74, 6) is -2.60. The molecular weight excluding hydrogens is 554 g/mol. The van der Waals surface area contributed by atoms with Crippen LogP contribution in [0.25, 0.3) is 10.2 Å². The van der Waals surface area contributed by atoms with Gasteiger partial charge >= 0.3 is 5.97 Å². The summed E-state index contributed by atoms with van der Waals surface area (Å²) in [6.07, 6.45) is -0.855. The number of thioether (sulfide) groups is 1. The van der Waals surface area contributed by atoms with Gasteiger partial charge in [0.05, 0.1) is 28.3 Å². The number of carboxylic acids is 1. The van der Waals surface area contributed by atoms with E-state index in [2.05, 4.69) is 0 Å². The Morgan fingerprint density at radius 1 is 1.15 bits per heavy atom. The van der Waals surface area contributed by atoms with Gasteiger partial charge in [0, 0.05) is 16.4 Å². The van der Waals surface area contributed by atoms with Crippen LogP contribution >= 0.6 is 23.1 Å². The molecule has 13 heteroatoms. The molecule has 5 aliphatic rings. The van der Waals surface area contributed by atoms with Gasteiger partial charge in [-0.3, -0.25) is 14.4 Å². The minimum absolute atomic E-state index is 0.0324. The molecule has 0 saturated carbocycles. The van der Waals surface area contributed by atoms with E-state index in [-0.39, 0.29) is 35.3 Å². The molecule has 7 rings (SSSR count). The predicted octanol–water partition coefficient (Wildman–Crippen LogP) is 0.871. The summed E-state index contributed by atoms with van der Waals surface area (Å²) in [5, 5.41) is 20.0. The van der Waals surface area contributed by atoms with Crippen molar-refractivity contribution < 1.29 is 38.4 Å². The van der Waals surface area contributed by atoms with Crippen LogP contribution in [-0.2, 0) is 14.4 Å². The van der Waals surface area contributed by atoms with E-state index in [0.717, 1.165) is 52.9 Å². The Kier molecular flexibility index (Phi) is 6.58. The number of β-lactam (4-membered cyclic amide) rings is 1. The number of benzene rings is 1. The number of ketones is 1. The number of aliphatic hydroxyl groups excluding tert-OH is 1. The SMILES string of the molecule is C[C@@H](O)[C@H]1C(=O)N2C(C(=O)O)=C(Sc3nc4cc(C(=O)C[N+]56CC[N+](CC(N)=O)(CC5)CC6)ccc4s3)[C@H](C)[C@H]12. The number of rotatable bonds is 9. The van der Waals surface area contributed by atoms with E-state index in [1.165, 1.54) is 28.0 Å². The van der Waals surface area contributed by atoms with Gasteiger partial charge in [0.1, 0.15) is 51.5 Å². The van der Waals surface area contributed by atoms with Crippen molar-refractivity contribution in [2.75, 3.05) is 52.4 Å². The number of primary amides is 1. The van der Waals surface area contributed by atoms with Gasteiger partial charge in [-0.2, -0.15) is 0 Å². The number of nitrogens with two attached hydrogens (primary N) is 1. The lowest BCUT2D eigenvalue weighted by molar-refractivity contribution is -1.07. The molecule has 1 aromatic carbocycles. The zero-order chi connectivity index (χ0) is 28.6. The summed E-state index contributed by atoms with van der Waals surface area (Å²) in [5.41, 5.74) is 6.72. The first-order chi connectivity index (χ1) is 18.9. The van der Waals surface area contributed by atoms with Gasteiger partial charge in [-0.1, -0.05) is 18.7 Å². The Hall–Kier alpha value is -2.84. The number of hydrogen-bond donors (Lipinski definition) is 3. The third kappa shape index (κ3) is 4.35. The Balaban J connectivity index is 1.19. The topological polar surface area (TPSA) is 151 Å². The van der Waals surface area contributed by atoms with Crippen LogP contribution in [-0.4, -0.2) is 117 Å². The van der Waals surface area contributed by atoms with Crippen molar-refractivity contribution in [3.8, 4) is 0 Å². The molecule has 4 atom stereocenters. The van der Waals surface area contributed by atoms with Gasteiger partial charge in [-0.15, -0.1) is 11.3 Å². The quantitative estimate of drug-likeness (QED) is 0.222. The summed E-state index contributed by atoms with van der Waals surface area (Å²) in [7, 11) is 0. The molecule has 6 heterocycles. The van der Waals surface area contributed by atoms with Gasteiger partial charge in [0.15, 0.2) is 10.9 Å². The maximum Gasteiger partial charge on any atom is 0.353 e. The Labute approximate surface area is 239 Å². The molecule has 11 nitrogen and oxygen atoms in total. The Bertz CT molecular complexity index is 1460. The zero-order valence-corrected chi connectivity index (χ0v) is 24.0. The van der Waals surface area contributed by atoms with Gasteiger partial charge in [-0.05, 0) is 25.1 Å². The first-order valence-electron chi connectivity index (χ1n) is 13.5. The summed E-state index contributed by atoms with van der Waals surface area (Å²) < 4.78 is 3.00. The second-order valence-corrected chi connectivity index (χ2v) is 14.1. The van der Waals surface area contributed by atoms with Gasteiger partial charge in [0.25, 0.3) is 5.91 Å². The van der Waals surface area contributed by atoms with Gasteiger partial charge < -0.3 is 29.8 Å². The number of quaternary nitrogens is 2. The number of piperazine rings is 3. The van der Waals surface area contributed by atoms with Crippen molar-refractivity contribution in [1.82, 2.24) is 9.88 Å². The van der Waals surface area contributed by atoms with E-state index >= 15 is 0 Å². The van der Waals surface area contributed by atoms with Gasteiger partial charge in [0.2, 0.25) is 11.7 Å². The second kappa shape index (κ2) is 9.62. The Morgan fingerprint density at radius 3 is 2.35 bits per heavy atom. The fourth-order valence-electron chi connectivity index (χ4n) is 7.02. The highest BCUT2D eigenvalue weighted by Crippen LogP contribution is 2.52. The van der Waals surface area contributed by atoms with E-state index in [1.807, 2.05) is 25.1 Å². The van der Waals surface area contributed by atoms with Crippen LogP contribution in [0.5, 0.6) is 0 Å². The number of hydrogen-bond acceptors (Lipinski definition) is 8. The van der Waals surface area contributed by atoms with Crippen LogP contribution in [0.15, 0.2) is 33.1 Å². The van der Waals surface area contributed by atoms with E-state index < -0.39 is 18.0 Å².